The van der Waals surface area contributed by atoms with Crippen LogP contribution in [0.3, 0.4) is 0 Å². The number of nitrogens with one attached hydrogen (secondary N) is 3. The molecule has 3 N–H and O–H groups in total. The number of anilines is 2. The largest absolute Gasteiger partial charge is 0.381 e. The summed E-state index contributed by atoms with van der Waals surface area (Å²) in [5.74, 6) is 0.831. The Morgan fingerprint density at radius 3 is 2.64 bits per heavy atom. The molecule has 2 aromatic heterocycles. The Labute approximate surface area is 163 Å². The number of benzene rings is 1. The second-order valence-electron chi connectivity index (χ2n) is 6.82. The van der Waals surface area contributed by atoms with Gasteiger partial charge in [-0.15, -0.1) is 0 Å². The molecule has 3 heterocycles. The van der Waals surface area contributed by atoms with Crippen LogP contribution in [0.25, 0.3) is 11.1 Å². The highest BCUT2D eigenvalue weighted by Crippen LogP contribution is 2.24. The van der Waals surface area contributed by atoms with Gasteiger partial charge in [-0.1, -0.05) is 12.1 Å². The molecule has 1 aliphatic rings. The number of hydrogen-bond donors (Lipinski definition) is 3. The van der Waals surface area contributed by atoms with Crippen molar-refractivity contribution in [3.05, 3.63) is 66.4 Å². The van der Waals surface area contributed by atoms with Gasteiger partial charge in [-0.25, -0.2) is 15.0 Å². The number of nitrogens with zero attached hydrogens (tertiary/aromatic N) is 3. The van der Waals surface area contributed by atoms with Crippen LogP contribution in [-0.2, 0) is 0 Å². The summed E-state index contributed by atoms with van der Waals surface area (Å²) in [4.78, 5) is 24.7. The highest BCUT2D eigenvalue weighted by Gasteiger charge is 2.14. The van der Waals surface area contributed by atoms with Crippen molar-refractivity contribution in [2.45, 2.75) is 19.4 Å². The Balaban J connectivity index is 1.44. The van der Waals surface area contributed by atoms with Crippen LogP contribution in [0.2, 0.25) is 0 Å². The predicted molar refractivity (Wildman–Crippen MR) is 109 cm³/mol. The van der Waals surface area contributed by atoms with Gasteiger partial charge in [-0.05, 0) is 49.7 Å². The van der Waals surface area contributed by atoms with Gasteiger partial charge in [-0.2, -0.15) is 0 Å². The zero-order valence-electron chi connectivity index (χ0n) is 15.6. The molecule has 3 aromatic rings. The second kappa shape index (κ2) is 8.14. The van der Waals surface area contributed by atoms with Gasteiger partial charge in [0.1, 0.15) is 11.6 Å². The van der Waals surface area contributed by atoms with E-state index in [0.717, 1.165) is 36.3 Å². The van der Waals surface area contributed by atoms with Crippen LogP contribution in [0.15, 0.2) is 55.0 Å². The molecule has 1 saturated heterocycles. The standard InChI is InChI=1S/C21H22N6O/c1-14-23-11-17(12-24-14)21(28)27-20-6-5-16(10-25-20)15-3-2-4-18(9-15)26-19-7-8-22-13-19/h2-6,9-12,19,22,26H,7-8,13H2,1H3,(H,25,27,28). The number of carbonyl (C=O) groups excluding carboxylic acids is 1. The predicted octanol–water partition coefficient (Wildman–Crippen LogP) is 2.87. The van der Waals surface area contributed by atoms with Crippen molar-refractivity contribution in [3.8, 4) is 11.1 Å². The lowest BCUT2D eigenvalue weighted by atomic mass is 10.1. The van der Waals surface area contributed by atoms with Gasteiger partial charge in [0.15, 0.2) is 0 Å². The van der Waals surface area contributed by atoms with Gasteiger partial charge < -0.3 is 16.0 Å². The van der Waals surface area contributed by atoms with E-state index in [4.69, 9.17) is 0 Å². The molecule has 1 amide bonds. The summed E-state index contributed by atoms with van der Waals surface area (Å²) < 4.78 is 0. The van der Waals surface area contributed by atoms with Crippen molar-refractivity contribution in [2.24, 2.45) is 0 Å². The molecule has 0 bridgehead atoms. The fraction of sp³-hybridized carbons (Fsp3) is 0.238. The zero-order chi connectivity index (χ0) is 19.3. The molecule has 0 saturated carbocycles. The number of carbonyl (C=O) groups is 1. The molecule has 0 aliphatic carbocycles. The summed E-state index contributed by atoms with van der Waals surface area (Å²) >= 11 is 0. The van der Waals surface area contributed by atoms with Gasteiger partial charge in [-0.3, -0.25) is 4.79 Å². The van der Waals surface area contributed by atoms with E-state index in [1.165, 1.54) is 12.4 Å². The Kier molecular flexibility index (Phi) is 5.25. The average molecular weight is 374 g/mol. The number of pyridine rings is 1. The molecule has 1 aliphatic heterocycles. The maximum absolute atomic E-state index is 12.2. The lowest BCUT2D eigenvalue weighted by Crippen LogP contribution is -2.21. The molecule has 0 radical (unpaired) electrons. The molecule has 1 unspecified atom stereocenters. The quantitative estimate of drug-likeness (QED) is 0.636. The molecule has 4 rings (SSSR count). The first-order chi connectivity index (χ1) is 13.7. The third-order valence-electron chi connectivity index (χ3n) is 4.68. The van der Waals surface area contributed by atoms with E-state index in [0.29, 0.717) is 23.2 Å². The van der Waals surface area contributed by atoms with Crippen LogP contribution >= 0.6 is 0 Å². The Morgan fingerprint density at radius 2 is 1.93 bits per heavy atom. The molecular weight excluding hydrogens is 352 g/mol. The Morgan fingerprint density at radius 1 is 1.07 bits per heavy atom. The molecule has 7 heteroatoms. The minimum Gasteiger partial charge on any atom is -0.381 e. The minimum atomic E-state index is -0.281. The number of aromatic nitrogens is 3. The van der Waals surface area contributed by atoms with Crippen LogP contribution in [-0.4, -0.2) is 40.0 Å². The van der Waals surface area contributed by atoms with Gasteiger partial charge >= 0.3 is 0 Å². The molecular formula is C21H22N6O. The SMILES string of the molecule is Cc1ncc(C(=O)Nc2ccc(-c3cccc(NC4CCNC4)c3)cn2)cn1. The van der Waals surface area contributed by atoms with Gasteiger partial charge in [0.05, 0.1) is 5.56 Å². The molecule has 142 valence electrons. The maximum Gasteiger partial charge on any atom is 0.259 e. The van der Waals surface area contributed by atoms with E-state index in [9.17, 15) is 4.79 Å². The van der Waals surface area contributed by atoms with E-state index in [-0.39, 0.29) is 5.91 Å². The summed E-state index contributed by atoms with van der Waals surface area (Å²) in [7, 11) is 0. The molecule has 1 aromatic carbocycles. The van der Waals surface area contributed by atoms with Crippen LogP contribution in [0, 0.1) is 6.92 Å². The fourth-order valence-electron chi connectivity index (χ4n) is 3.14. The Bertz CT molecular complexity index is 949. The first-order valence-electron chi connectivity index (χ1n) is 9.31. The molecule has 0 spiro atoms. The van der Waals surface area contributed by atoms with Gasteiger partial charge in [0, 0.05) is 42.4 Å². The van der Waals surface area contributed by atoms with Crippen LogP contribution in [0.4, 0.5) is 11.5 Å². The highest BCUT2D eigenvalue weighted by atomic mass is 16.1. The Hall–Kier alpha value is -3.32. The summed E-state index contributed by atoms with van der Waals surface area (Å²) in [5, 5.41) is 9.69. The summed E-state index contributed by atoms with van der Waals surface area (Å²) in [6.45, 7) is 3.83. The van der Waals surface area contributed by atoms with E-state index in [2.05, 4.69) is 49.1 Å². The molecule has 1 fully saturated rings. The molecule has 7 nitrogen and oxygen atoms in total. The lowest BCUT2D eigenvalue weighted by molar-refractivity contribution is 0.102. The number of amides is 1. The zero-order valence-corrected chi connectivity index (χ0v) is 15.6. The second-order valence-corrected chi connectivity index (χ2v) is 6.82. The lowest BCUT2D eigenvalue weighted by Gasteiger charge is -2.14. The van der Waals surface area contributed by atoms with Gasteiger partial charge in [0.25, 0.3) is 5.91 Å². The third kappa shape index (κ3) is 4.32. The summed E-state index contributed by atoms with van der Waals surface area (Å²) in [6.07, 6.45) is 5.90. The van der Waals surface area contributed by atoms with Gasteiger partial charge in [0.2, 0.25) is 0 Å². The van der Waals surface area contributed by atoms with Crippen molar-refractivity contribution >= 4 is 17.4 Å². The highest BCUT2D eigenvalue weighted by molar-refractivity contribution is 6.03. The van der Waals surface area contributed by atoms with Crippen LogP contribution in [0.5, 0.6) is 0 Å². The normalized spacial score (nSPS) is 16.0. The molecule has 28 heavy (non-hydrogen) atoms. The first-order valence-corrected chi connectivity index (χ1v) is 9.31. The minimum absolute atomic E-state index is 0.281. The van der Waals surface area contributed by atoms with Crippen molar-refractivity contribution in [1.82, 2.24) is 20.3 Å². The van der Waals surface area contributed by atoms with Crippen molar-refractivity contribution in [3.63, 3.8) is 0 Å². The average Bonchev–Trinajstić information content (AvgIpc) is 3.22. The summed E-state index contributed by atoms with van der Waals surface area (Å²) in [5.41, 5.74) is 3.57. The van der Waals surface area contributed by atoms with Crippen molar-refractivity contribution in [2.75, 3.05) is 23.7 Å². The smallest absolute Gasteiger partial charge is 0.259 e. The van der Waals surface area contributed by atoms with E-state index < -0.39 is 0 Å². The molecule has 1 atom stereocenters. The number of aryl methyl sites for hydroxylation is 1. The third-order valence-corrected chi connectivity index (χ3v) is 4.68. The topological polar surface area (TPSA) is 91.8 Å². The maximum atomic E-state index is 12.2. The van der Waals surface area contributed by atoms with Crippen molar-refractivity contribution < 1.29 is 4.79 Å². The number of hydrogen-bond acceptors (Lipinski definition) is 6. The van der Waals surface area contributed by atoms with Crippen molar-refractivity contribution in [1.29, 1.82) is 0 Å². The monoisotopic (exact) mass is 374 g/mol. The van der Waals surface area contributed by atoms with E-state index in [1.54, 1.807) is 19.2 Å². The fourth-order valence-corrected chi connectivity index (χ4v) is 3.14. The summed E-state index contributed by atoms with van der Waals surface area (Å²) in [6, 6.07) is 12.5. The number of rotatable bonds is 5. The van der Waals surface area contributed by atoms with E-state index >= 15 is 0 Å². The van der Waals surface area contributed by atoms with Crippen LogP contribution in [0.1, 0.15) is 22.6 Å². The first kappa shape index (κ1) is 18.1. The van der Waals surface area contributed by atoms with E-state index in [1.807, 2.05) is 12.1 Å². The van der Waals surface area contributed by atoms with Crippen LogP contribution < -0.4 is 16.0 Å².